The third kappa shape index (κ3) is 6.88. The second kappa shape index (κ2) is 16.5. The first-order chi connectivity index (χ1) is 32.7. The molecule has 4 nitrogen and oxygen atoms in total. The predicted molar refractivity (Wildman–Crippen MR) is 272 cm³/mol. The summed E-state index contributed by atoms with van der Waals surface area (Å²) in [6, 6.07) is 88.6. The molecule has 0 aliphatic carbocycles. The number of hydrogen-bond donors (Lipinski definition) is 1. The summed E-state index contributed by atoms with van der Waals surface area (Å²) in [5.74, 6) is 1.50. The molecule has 0 radical (unpaired) electrons. The zero-order chi connectivity index (χ0) is 43.9. The van der Waals surface area contributed by atoms with Gasteiger partial charge in [0.2, 0.25) is 0 Å². The Morgan fingerprint density at radius 2 is 0.939 bits per heavy atom. The molecule has 0 bridgehead atoms. The van der Waals surface area contributed by atoms with Crippen molar-refractivity contribution in [2.45, 2.75) is 11.6 Å². The fourth-order valence-electron chi connectivity index (χ4n) is 9.92. The van der Waals surface area contributed by atoms with E-state index in [0.29, 0.717) is 5.84 Å². The summed E-state index contributed by atoms with van der Waals surface area (Å²) in [7, 11) is 0. The van der Waals surface area contributed by atoms with Crippen molar-refractivity contribution in [1.29, 1.82) is 0 Å². The van der Waals surface area contributed by atoms with Crippen molar-refractivity contribution in [3.05, 3.63) is 288 Å². The molecule has 66 heavy (non-hydrogen) atoms. The summed E-state index contributed by atoms with van der Waals surface area (Å²) in [4.78, 5) is 10.1. The molecule has 1 aliphatic rings. The summed E-state index contributed by atoms with van der Waals surface area (Å²) in [6.45, 7) is 0. The van der Waals surface area contributed by atoms with E-state index in [0.717, 1.165) is 77.5 Å². The van der Waals surface area contributed by atoms with E-state index < -0.39 is 5.41 Å². The SMILES string of the molecule is c1ccc(C2=NC(c3ccccc3)NC(c3ccc4cc(-c5cc(-c6cccc(C(c7ccccc7)(c7ccccc7)c7ccccc7)c6)c6c(c5)oc5ccccc56)ccc4c3)=N2)cc1. The number of aliphatic imine (C=N–C) groups is 2. The van der Waals surface area contributed by atoms with E-state index >= 15 is 0 Å². The van der Waals surface area contributed by atoms with Crippen LogP contribution in [-0.4, -0.2) is 11.7 Å². The highest BCUT2D eigenvalue weighted by Crippen LogP contribution is 2.47. The molecule has 0 saturated heterocycles. The molecule has 1 unspecified atom stereocenters. The van der Waals surface area contributed by atoms with Crippen LogP contribution in [0.25, 0.3) is 55.0 Å². The molecular formula is C62H43N3O. The zero-order valence-corrected chi connectivity index (χ0v) is 36.1. The van der Waals surface area contributed by atoms with E-state index in [1.165, 1.54) is 22.3 Å². The van der Waals surface area contributed by atoms with Gasteiger partial charge in [-0.1, -0.05) is 212 Å². The Hall–Kier alpha value is -8.60. The standard InChI is InChI=1S/C62H43N3O/c1-6-19-42(20-7-1)59-63-60(43-21-8-2-9-22-43)65-61(64-59)48-36-35-44-37-46(34-33-45(44)38-48)49-40-55(58-54-31-16-17-32-56(54)66-57(58)41-49)47-23-18-30-53(39-47)62(50-24-10-3-11-25-50,51-26-12-4-13-27-51)52-28-14-5-15-29-52/h1-41,59H,(H,63,64,65). The van der Waals surface area contributed by atoms with Gasteiger partial charge in [-0.3, -0.25) is 0 Å². The van der Waals surface area contributed by atoms with Crippen LogP contribution >= 0.6 is 0 Å². The summed E-state index contributed by atoms with van der Waals surface area (Å²) >= 11 is 0. The van der Waals surface area contributed by atoms with Gasteiger partial charge in [-0.2, -0.15) is 0 Å². The van der Waals surface area contributed by atoms with Crippen LogP contribution < -0.4 is 5.32 Å². The number of benzene rings is 10. The molecular weight excluding hydrogens is 803 g/mol. The van der Waals surface area contributed by atoms with E-state index in [1.54, 1.807) is 0 Å². The van der Waals surface area contributed by atoms with E-state index in [9.17, 15) is 0 Å². The maximum Gasteiger partial charge on any atom is 0.159 e. The van der Waals surface area contributed by atoms with Crippen LogP contribution in [0, 0.1) is 0 Å². The molecule has 1 aliphatic heterocycles. The van der Waals surface area contributed by atoms with Gasteiger partial charge in [0.05, 0.1) is 5.41 Å². The predicted octanol–water partition coefficient (Wildman–Crippen LogP) is 15.0. The third-order valence-corrected chi connectivity index (χ3v) is 13.0. The van der Waals surface area contributed by atoms with E-state index in [1.807, 2.05) is 42.5 Å². The summed E-state index contributed by atoms with van der Waals surface area (Å²) in [5, 5.41) is 8.09. The summed E-state index contributed by atoms with van der Waals surface area (Å²) in [6.07, 6.45) is -0.263. The second-order valence-corrected chi connectivity index (χ2v) is 16.9. The van der Waals surface area contributed by atoms with Crippen molar-refractivity contribution in [3.8, 4) is 22.3 Å². The Kier molecular flexibility index (Phi) is 9.76. The molecule has 11 aromatic rings. The van der Waals surface area contributed by atoms with Gasteiger partial charge < -0.3 is 9.73 Å². The molecule has 1 atom stereocenters. The minimum Gasteiger partial charge on any atom is -0.456 e. The van der Waals surface area contributed by atoms with Crippen LogP contribution in [0.15, 0.2) is 263 Å². The number of rotatable bonds is 9. The molecule has 12 rings (SSSR count). The number of para-hydroxylation sites is 1. The van der Waals surface area contributed by atoms with E-state index in [-0.39, 0.29) is 6.17 Å². The number of nitrogens with one attached hydrogen (secondary N) is 1. The van der Waals surface area contributed by atoms with Crippen molar-refractivity contribution >= 4 is 44.4 Å². The highest BCUT2D eigenvalue weighted by atomic mass is 16.3. The van der Waals surface area contributed by atoms with Gasteiger partial charge in [-0.15, -0.1) is 0 Å². The molecule has 0 spiro atoms. The Labute approximate surface area is 383 Å². The summed E-state index contributed by atoms with van der Waals surface area (Å²) in [5.41, 5.74) is 13.5. The summed E-state index contributed by atoms with van der Waals surface area (Å²) < 4.78 is 6.70. The number of fused-ring (bicyclic) bond motifs is 4. The number of hydrogen-bond acceptors (Lipinski definition) is 4. The Morgan fingerprint density at radius 3 is 1.61 bits per heavy atom. The van der Waals surface area contributed by atoms with E-state index in [4.69, 9.17) is 14.4 Å². The van der Waals surface area contributed by atoms with Gasteiger partial charge >= 0.3 is 0 Å². The van der Waals surface area contributed by atoms with Gasteiger partial charge in [-0.05, 0) is 97.2 Å². The van der Waals surface area contributed by atoms with Crippen molar-refractivity contribution in [2.24, 2.45) is 9.98 Å². The van der Waals surface area contributed by atoms with Gasteiger partial charge in [0.15, 0.2) is 5.84 Å². The average Bonchev–Trinajstić information content (AvgIpc) is 3.78. The first-order valence-corrected chi connectivity index (χ1v) is 22.5. The average molecular weight is 846 g/mol. The molecule has 1 N–H and O–H groups in total. The lowest BCUT2D eigenvalue weighted by atomic mass is 9.65. The lowest BCUT2D eigenvalue weighted by Crippen LogP contribution is -2.33. The Bertz CT molecular complexity index is 3500. The first-order valence-electron chi connectivity index (χ1n) is 22.5. The Balaban J connectivity index is 0.985. The minimum atomic E-state index is -0.580. The van der Waals surface area contributed by atoms with Crippen LogP contribution in [0.3, 0.4) is 0 Å². The van der Waals surface area contributed by atoms with Crippen LogP contribution in [0.4, 0.5) is 0 Å². The monoisotopic (exact) mass is 845 g/mol. The van der Waals surface area contributed by atoms with Crippen molar-refractivity contribution < 1.29 is 4.42 Å². The number of nitrogens with zero attached hydrogens (tertiary/aromatic N) is 2. The third-order valence-electron chi connectivity index (χ3n) is 13.0. The molecule has 4 heteroatoms. The van der Waals surface area contributed by atoms with Gasteiger partial charge in [0, 0.05) is 21.9 Å². The topological polar surface area (TPSA) is 49.9 Å². The van der Waals surface area contributed by atoms with Gasteiger partial charge in [0.1, 0.15) is 23.2 Å². The number of amidine groups is 2. The van der Waals surface area contributed by atoms with Crippen LogP contribution in [-0.2, 0) is 5.41 Å². The minimum absolute atomic E-state index is 0.263. The highest BCUT2D eigenvalue weighted by Gasteiger charge is 2.38. The van der Waals surface area contributed by atoms with E-state index in [2.05, 4.69) is 212 Å². The molecule has 2 heterocycles. The highest BCUT2D eigenvalue weighted by molar-refractivity contribution is 6.15. The fourth-order valence-corrected chi connectivity index (χ4v) is 9.92. The van der Waals surface area contributed by atoms with Gasteiger partial charge in [-0.25, -0.2) is 9.98 Å². The van der Waals surface area contributed by atoms with Crippen LogP contribution in [0.2, 0.25) is 0 Å². The molecule has 0 saturated carbocycles. The largest absolute Gasteiger partial charge is 0.456 e. The fraction of sp³-hybridized carbons (Fsp3) is 0.0323. The maximum atomic E-state index is 6.70. The number of furan rings is 1. The second-order valence-electron chi connectivity index (χ2n) is 16.9. The smallest absolute Gasteiger partial charge is 0.159 e. The van der Waals surface area contributed by atoms with Crippen LogP contribution in [0.1, 0.15) is 45.1 Å². The van der Waals surface area contributed by atoms with Crippen molar-refractivity contribution in [1.82, 2.24) is 5.32 Å². The normalized spacial score (nSPS) is 13.9. The van der Waals surface area contributed by atoms with Crippen molar-refractivity contribution in [2.75, 3.05) is 0 Å². The maximum absolute atomic E-state index is 6.70. The molecule has 0 fully saturated rings. The molecule has 312 valence electrons. The molecule has 0 amide bonds. The van der Waals surface area contributed by atoms with Crippen molar-refractivity contribution in [3.63, 3.8) is 0 Å². The quantitative estimate of drug-likeness (QED) is 0.147. The van der Waals surface area contributed by atoms with Crippen LogP contribution in [0.5, 0.6) is 0 Å². The molecule has 10 aromatic carbocycles. The molecule has 1 aromatic heterocycles. The van der Waals surface area contributed by atoms with Gasteiger partial charge in [0.25, 0.3) is 0 Å². The zero-order valence-electron chi connectivity index (χ0n) is 36.1. The lowest BCUT2D eigenvalue weighted by Gasteiger charge is -2.37. The Morgan fingerprint density at radius 1 is 0.394 bits per heavy atom. The first kappa shape index (κ1) is 39.0. The lowest BCUT2D eigenvalue weighted by molar-refractivity contribution is 0.669.